The van der Waals surface area contributed by atoms with Crippen LogP contribution in [0.15, 0.2) is 18.2 Å². The summed E-state index contributed by atoms with van der Waals surface area (Å²) < 4.78 is 5.06. The van der Waals surface area contributed by atoms with E-state index in [0.717, 1.165) is 0 Å². The van der Waals surface area contributed by atoms with Gasteiger partial charge in [-0.05, 0) is 18.6 Å². The molecule has 18 heavy (non-hydrogen) atoms. The highest BCUT2D eigenvalue weighted by Crippen LogP contribution is 2.25. The van der Waals surface area contributed by atoms with Gasteiger partial charge in [0.05, 0.1) is 28.8 Å². The van der Waals surface area contributed by atoms with Gasteiger partial charge in [-0.3, -0.25) is 4.79 Å². The average Bonchev–Trinajstić information content (AvgIpc) is 2.36. The summed E-state index contributed by atoms with van der Waals surface area (Å²) in [6, 6.07) is 4.92. The molecule has 0 aromatic heterocycles. The second-order valence-electron chi connectivity index (χ2n) is 3.55. The van der Waals surface area contributed by atoms with Crippen LogP contribution in [0, 0.1) is 0 Å². The number of halogens is 2. The molecule has 2 N–H and O–H groups in total. The predicted octanol–water partition coefficient (Wildman–Crippen LogP) is 2.12. The molecule has 0 aliphatic rings. The van der Waals surface area contributed by atoms with Gasteiger partial charge >= 0.3 is 0 Å². The lowest BCUT2D eigenvalue weighted by molar-refractivity contribution is 0.0867. The minimum absolute atomic E-state index is 0.00445. The van der Waals surface area contributed by atoms with Crippen LogP contribution in [0.4, 0.5) is 0 Å². The molecule has 0 atom stereocenters. The van der Waals surface area contributed by atoms with Gasteiger partial charge in [-0.1, -0.05) is 29.3 Å². The highest BCUT2D eigenvalue weighted by molar-refractivity contribution is 6.43. The lowest BCUT2D eigenvalue weighted by Crippen LogP contribution is -2.25. The molecular weight excluding hydrogens is 277 g/mol. The third kappa shape index (κ3) is 4.82. The minimum Gasteiger partial charge on any atom is -0.394 e. The van der Waals surface area contributed by atoms with Crippen LogP contribution in [0.1, 0.15) is 16.8 Å². The standard InChI is InChI=1S/C12H15Cl2NO3/c13-10-4-1-3-9(11(10)14)12(17)15-5-2-7-18-8-6-16/h1,3-4,16H,2,5-8H2,(H,15,17). The molecule has 0 aliphatic carbocycles. The van der Waals surface area contributed by atoms with Crippen molar-refractivity contribution in [3.63, 3.8) is 0 Å². The van der Waals surface area contributed by atoms with Gasteiger partial charge in [0.25, 0.3) is 5.91 Å². The Hall–Kier alpha value is -0.810. The fourth-order valence-electron chi connectivity index (χ4n) is 1.32. The number of hydrogen-bond donors (Lipinski definition) is 2. The highest BCUT2D eigenvalue weighted by Gasteiger charge is 2.11. The lowest BCUT2D eigenvalue weighted by atomic mass is 10.2. The SMILES string of the molecule is O=C(NCCCOCCO)c1cccc(Cl)c1Cl. The molecule has 4 nitrogen and oxygen atoms in total. The van der Waals surface area contributed by atoms with Gasteiger partial charge in [0, 0.05) is 13.2 Å². The Balaban J connectivity index is 2.35. The molecule has 0 heterocycles. The van der Waals surface area contributed by atoms with Crippen molar-refractivity contribution in [3.05, 3.63) is 33.8 Å². The van der Waals surface area contributed by atoms with E-state index in [2.05, 4.69) is 5.32 Å². The number of carbonyl (C=O) groups is 1. The molecule has 0 unspecified atom stereocenters. The van der Waals surface area contributed by atoms with Crippen LogP contribution in [-0.2, 0) is 4.74 Å². The zero-order valence-corrected chi connectivity index (χ0v) is 11.3. The number of carbonyl (C=O) groups excluding carboxylic acids is 1. The van der Waals surface area contributed by atoms with E-state index in [1.165, 1.54) is 0 Å². The Labute approximate surface area is 116 Å². The van der Waals surface area contributed by atoms with Gasteiger partial charge in [0.2, 0.25) is 0 Å². The lowest BCUT2D eigenvalue weighted by Gasteiger charge is -2.07. The summed E-state index contributed by atoms with van der Waals surface area (Å²) in [5.74, 6) is -0.260. The van der Waals surface area contributed by atoms with Gasteiger partial charge in [0.1, 0.15) is 0 Å². The molecule has 0 fully saturated rings. The Bertz CT molecular complexity index is 399. The first kappa shape index (κ1) is 15.2. The Morgan fingerprint density at radius 3 is 2.83 bits per heavy atom. The monoisotopic (exact) mass is 291 g/mol. The third-order valence-corrected chi connectivity index (χ3v) is 3.00. The zero-order valence-electron chi connectivity index (χ0n) is 9.79. The van der Waals surface area contributed by atoms with E-state index < -0.39 is 0 Å². The molecule has 0 saturated carbocycles. The topological polar surface area (TPSA) is 58.6 Å². The summed E-state index contributed by atoms with van der Waals surface area (Å²) >= 11 is 11.7. The molecular formula is C12H15Cl2NO3. The average molecular weight is 292 g/mol. The highest BCUT2D eigenvalue weighted by atomic mass is 35.5. The zero-order chi connectivity index (χ0) is 13.4. The number of hydrogen-bond acceptors (Lipinski definition) is 3. The molecule has 100 valence electrons. The summed E-state index contributed by atoms with van der Waals surface area (Å²) in [4.78, 5) is 11.8. The van der Waals surface area contributed by atoms with Crippen LogP contribution in [0.5, 0.6) is 0 Å². The first-order chi connectivity index (χ1) is 8.66. The van der Waals surface area contributed by atoms with Crippen LogP contribution < -0.4 is 5.32 Å². The Morgan fingerprint density at radius 2 is 2.11 bits per heavy atom. The second kappa shape index (κ2) is 8.32. The van der Waals surface area contributed by atoms with Crippen molar-refractivity contribution >= 4 is 29.1 Å². The maximum Gasteiger partial charge on any atom is 0.252 e. The van der Waals surface area contributed by atoms with Crippen LogP contribution >= 0.6 is 23.2 Å². The van der Waals surface area contributed by atoms with Crippen molar-refractivity contribution in [2.24, 2.45) is 0 Å². The molecule has 1 rings (SSSR count). The van der Waals surface area contributed by atoms with Crippen LogP contribution in [0.2, 0.25) is 10.0 Å². The summed E-state index contributed by atoms with van der Waals surface area (Å²) in [7, 11) is 0. The summed E-state index contributed by atoms with van der Waals surface area (Å²) in [6.45, 7) is 1.29. The Morgan fingerprint density at radius 1 is 1.33 bits per heavy atom. The molecule has 0 spiro atoms. The molecule has 1 aromatic carbocycles. The number of benzene rings is 1. The van der Waals surface area contributed by atoms with Crippen molar-refractivity contribution in [2.45, 2.75) is 6.42 Å². The van der Waals surface area contributed by atoms with Crippen LogP contribution in [0.3, 0.4) is 0 Å². The van der Waals surface area contributed by atoms with Gasteiger partial charge in [-0.2, -0.15) is 0 Å². The van der Waals surface area contributed by atoms with E-state index in [4.69, 9.17) is 33.0 Å². The second-order valence-corrected chi connectivity index (χ2v) is 4.33. The van der Waals surface area contributed by atoms with E-state index in [0.29, 0.717) is 36.8 Å². The van der Waals surface area contributed by atoms with E-state index in [-0.39, 0.29) is 17.5 Å². The number of aliphatic hydroxyl groups excluding tert-OH is 1. The molecule has 0 saturated heterocycles. The van der Waals surface area contributed by atoms with E-state index >= 15 is 0 Å². The van der Waals surface area contributed by atoms with Crippen molar-refractivity contribution in [2.75, 3.05) is 26.4 Å². The third-order valence-electron chi connectivity index (χ3n) is 2.18. The fourth-order valence-corrected chi connectivity index (χ4v) is 1.70. The first-order valence-corrected chi connectivity index (χ1v) is 6.33. The quantitative estimate of drug-likeness (QED) is 0.757. The van der Waals surface area contributed by atoms with Crippen LogP contribution in [0.25, 0.3) is 0 Å². The number of nitrogens with one attached hydrogen (secondary N) is 1. The molecule has 6 heteroatoms. The van der Waals surface area contributed by atoms with Gasteiger partial charge in [-0.15, -0.1) is 0 Å². The fraction of sp³-hybridized carbons (Fsp3) is 0.417. The number of aliphatic hydroxyl groups is 1. The van der Waals surface area contributed by atoms with Crippen molar-refractivity contribution in [3.8, 4) is 0 Å². The molecule has 0 aliphatic heterocycles. The van der Waals surface area contributed by atoms with Gasteiger partial charge in [-0.25, -0.2) is 0 Å². The van der Waals surface area contributed by atoms with Crippen molar-refractivity contribution < 1.29 is 14.6 Å². The number of ether oxygens (including phenoxy) is 1. The normalized spacial score (nSPS) is 10.4. The molecule has 0 bridgehead atoms. The molecule has 1 aromatic rings. The molecule has 0 radical (unpaired) electrons. The van der Waals surface area contributed by atoms with E-state index in [1.54, 1.807) is 18.2 Å². The largest absolute Gasteiger partial charge is 0.394 e. The maximum absolute atomic E-state index is 11.8. The molecule has 1 amide bonds. The van der Waals surface area contributed by atoms with Crippen molar-refractivity contribution in [1.29, 1.82) is 0 Å². The maximum atomic E-state index is 11.8. The number of amides is 1. The number of rotatable bonds is 7. The summed E-state index contributed by atoms with van der Waals surface area (Å²) in [5, 5.41) is 11.8. The van der Waals surface area contributed by atoms with Gasteiger partial charge < -0.3 is 15.2 Å². The van der Waals surface area contributed by atoms with E-state index in [1.807, 2.05) is 0 Å². The van der Waals surface area contributed by atoms with Crippen molar-refractivity contribution in [1.82, 2.24) is 5.32 Å². The summed E-state index contributed by atoms with van der Waals surface area (Å²) in [5.41, 5.74) is 0.362. The predicted molar refractivity (Wildman–Crippen MR) is 71.3 cm³/mol. The first-order valence-electron chi connectivity index (χ1n) is 5.57. The smallest absolute Gasteiger partial charge is 0.252 e. The van der Waals surface area contributed by atoms with E-state index in [9.17, 15) is 4.79 Å². The summed E-state index contributed by atoms with van der Waals surface area (Å²) in [6.07, 6.45) is 0.671. The Kier molecular flexibility index (Phi) is 7.05. The van der Waals surface area contributed by atoms with Crippen LogP contribution in [-0.4, -0.2) is 37.4 Å². The van der Waals surface area contributed by atoms with Gasteiger partial charge in [0.15, 0.2) is 0 Å². The minimum atomic E-state index is -0.260.